The minimum absolute atomic E-state index is 0.274. The maximum absolute atomic E-state index is 5.43. The highest BCUT2D eigenvalue weighted by Crippen LogP contribution is 2.20. The van der Waals surface area contributed by atoms with E-state index in [-0.39, 0.29) is 5.54 Å². The van der Waals surface area contributed by atoms with Crippen LogP contribution < -0.4 is 21.5 Å². The summed E-state index contributed by atoms with van der Waals surface area (Å²) in [5.41, 5.74) is 2.22. The molecule has 112 valence electrons. The topological polar surface area (TPSA) is 101 Å². The summed E-state index contributed by atoms with van der Waals surface area (Å²) in [6.45, 7) is 6.52. The lowest BCUT2D eigenvalue weighted by Crippen LogP contribution is -2.37. The standard InChI is InChI=1S/C12H23N7O/c1-12(2,8-20-3)17-9-14-10(18-13)16-11(15-9)19-6-4-5-7-19/h4-8,13H2,1-3H3,(H2,14,15,16,17,18). The second-order valence-electron chi connectivity index (χ2n) is 5.56. The SMILES string of the molecule is COCC(C)(C)Nc1nc(NN)nc(N2CCCC2)n1. The first-order valence-corrected chi connectivity index (χ1v) is 6.79. The van der Waals surface area contributed by atoms with Crippen LogP contribution >= 0.6 is 0 Å². The summed E-state index contributed by atoms with van der Waals surface area (Å²) in [6.07, 6.45) is 2.32. The van der Waals surface area contributed by atoms with Crippen LogP contribution in [0.4, 0.5) is 17.8 Å². The Bertz CT molecular complexity index is 445. The van der Waals surface area contributed by atoms with Gasteiger partial charge < -0.3 is 15.0 Å². The molecule has 2 heterocycles. The zero-order chi connectivity index (χ0) is 14.6. The van der Waals surface area contributed by atoms with E-state index in [9.17, 15) is 0 Å². The van der Waals surface area contributed by atoms with Crippen molar-refractivity contribution in [3.05, 3.63) is 0 Å². The van der Waals surface area contributed by atoms with Crippen molar-refractivity contribution < 1.29 is 4.74 Å². The van der Waals surface area contributed by atoms with Gasteiger partial charge in [-0.1, -0.05) is 0 Å². The molecule has 1 aromatic heterocycles. The minimum Gasteiger partial charge on any atom is -0.382 e. The fourth-order valence-electron chi connectivity index (χ4n) is 2.24. The summed E-state index contributed by atoms with van der Waals surface area (Å²) < 4.78 is 5.18. The predicted octanol–water partition coefficient (Wildman–Crippen LogP) is 0.594. The van der Waals surface area contributed by atoms with Crippen molar-refractivity contribution in [2.24, 2.45) is 5.84 Å². The molecule has 4 N–H and O–H groups in total. The van der Waals surface area contributed by atoms with Crippen LogP contribution in [0.15, 0.2) is 0 Å². The zero-order valence-electron chi connectivity index (χ0n) is 12.3. The number of aromatic nitrogens is 3. The normalized spacial score (nSPS) is 15.5. The van der Waals surface area contributed by atoms with E-state index >= 15 is 0 Å². The van der Waals surface area contributed by atoms with Gasteiger partial charge in [0.25, 0.3) is 0 Å². The van der Waals surface area contributed by atoms with Crippen molar-refractivity contribution in [3.8, 4) is 0 Å². The summed E-state index contributed by atoms with van der Waals surface area (Å²) in [5, 5.41) is 3.25. The van der Waals surface area contributed by atoms with Crippen molar-refractivity contribution in [1.82, 2.24) is 15.0 Å². The fraction of sp³-hybridized carbons (Fsp3) is 0.750. The molecule has 0 atom stereocenters. The Morgan fingerprint density at radius 3 is 2.45 bits per heavy atom. The number of nitrogen functional groups attached to an aromatic ring is 1. The number of nitrogens with two attached hydrogens (primary N) is 1. The van der Waals surface area contributed by atoms with Crippen LogP contribution in [0, 0.1) is 0 Å². The van der Waals surface area contributed by atoms with Crippen molar-refractivity contribution in [2.45, 2.75) is 32.2 Å². The molecule has 0 aliphatic carbocycles. The minimum atomic E-state index is -0.274. The van der Waals surface area contributed by atoms with Crippen LogP contribution in [-0.4, -0.2) is 47.3 Å². The monoisotopic (exact) mass is 281 g/mol. The molecule has 8 nitrogen and oxygen atoms in total. The molecule has 1 fully saturated rings. The number of anilines is 3. The van der Waals surface area contributed by atoms with Crippen LogP contribution in [-0.2, 0) is 4.74 Å². The van der Waals surface area contributed by atoms with E-state index in [0.29, 0.717) is 24.5 Å². The average Bonchev–Trinajstić information content (AvgIpc) is 2.91. The molecule has 1 aliphatic heterocycles. The van der Waals surface area contributed by atoms with Gasteiger partial charge >= 0.3 is 0 Å². The van der Waals surface area contributed by atoms with Gasteiger partial charge in [-0.3, -0.25) is 5.43 Å². The third-order valence-electron chi connectivity index (χ3n) is 3.10. The molecule has 1 aromatic rings. The quantitative estimate of drug-likeness (QED) is 0.514. The average molecular weight is 281 g/mol. The number of hydrazine groups is 1. The molecule has 0 saturated carbocycles. The maximum atomic E-state index is 5.43. The van der Waals surface area contributed by atoms with Gasteiger partial charge in [0.1, 0.15) is 0 Å². The molecule has 2 rings (SSSR count). The molecule has 1 saturated heterocycles. The predicted molar refractivity (Wildman–Crippen MR) is 78.7 cm³/mol. The van der Waals surface area contributed by atoms with Gasteiger partial charge in [0.15, 0.2) is 0 Å². The summed E-state index contributed by atoms with van der Waals surface area (Å²) in [5.74, 6) is 6.94. The van der Waals surface area contributed by atoms with Gasteiger partial charge in [-0.25, -0.2) is 5.84 Å². The van der Waals surface area contributed by atoms with Crippen LogP contribution in [0.1, 0.15) is 26.7 Å². The highest BCUT2D eigenvalue weighted by molar-refractivity contribution is 5.44. The fourth-order valence-corrected chi connectivity index (χ4v) is 2.24. The van der Waals surface area contributed by atoms with Crippen LogP contribution in [0.5, 0.6) is 0 Å². The van der Waals surface area contributed by atoms with E-state index in [0.717, 1.165) is 25.9 Å². The molecule has 1 aliphatic rings. The van der Waals surface area contributed by atoms with E-state index in [1.165, 1.54) is 0 Å². The molecule has 0 unspecified atom stereocenters. The van der Waals surface area contributed by atoms with E-state index in [1.807, 2.05) is 13.8 Å². The zero-order valence-corrected chi connectivity index (χ0v) is 12.3. The summed E-state index contributed by atoms with van der Waals surface area (Å²) in [4.78, 5) is 15.2. The number of ether oxygens (including phenoxy) is 1. The van der Waals surface area contributed by atoms with Gasteiger partial charge in [0.2, 0.25) is 17.8 Å². The Morgan fingerprint density at radius 1 is 1.20 bits per heavy atom. The number of rotatable bonds is 6. The summed E-state index contributed by atoms with van der Waals surface area (Å²) in [7, 11) is 1.67. The first-order valence-electron chi connectivity index (χ1n) is 6.79. The second-order valence-corrected chi connectivity index (χ2v) is 5.56. The van der Waals surface area contributed by atoms with Crippen molar-refractivity contribution in [3.63, 3.8) is 0 Å². The smallest absolute Gasteiger partial charge is 0.243 e. The molecule has 0 spiro atoms. The molecule has 20 heavy (non-hydrogen) atoms. The highest BCUT2D eigenvalue weighted by Gasteiger charge is 2.21. The van der Waals surface area contributed by atoms with E-state index < -0.39 is 0 Å². The molecule has 8 heteroatoms. The Hall–Kier alpha value is -1.67. The second kappa shape index (κ2) is 6.19. The van der Waals surface area contributed by atoms with Crippen molar-refractivity contribution in [1.29, 1.82) is 0 Å². The number of hydrogen-bond acceptors (Lipinski definition) is 8. The number of methoxy groups -OCH3 is 1. The lowest BCUT2D eigenvalue weighted by molar-refractivity contribution is 0.158. The molecular formula is C12H23N7O. The van der Waals surface area contributed by atoms with Gasteiger partial charge in [-0.2, -0.15) is 15.0 Å². The van der Waals surface area contributed by atoms with Gasteiger partial charge in [0.05, 0.1) is 12.1 Å². The van der Waals surface area contributed by atoms with Crippen LogP contribution in [0.25, 0.3) is 0 Å². The lowest BCUT2D eigenvalue weighted by atomic mass is 10.1. The Balaban J connectivity index is 2.21. The third kappa shape index (κ3) is 3.67. The van der Waals surface area contributed by atoms with E-state index in [4.69, 9.17) is 10.6 Å². The maximum Gasteiger partial charge on any atom is 0.243 e. The van der Waals surface area contributed by atoms with E-state index in [1.54, 1.807) is 7.11 Å². The third-order valence-corrected chi connectivity index (χ3v) is 3.10. The molecule has 0 radical (unpaired) electrons. The molecule has 0 aromatic carbocycles. The molecular weight excluding hydrogens is 258 g/mol. The lowest BCUT2D eigenvalue weighted by Gasteiger charge is -2.26. The van der Waals surface area contributed by atoms with Crippen LogP contribution in [0.2, 0.25) is 0 Å². The van der Waals surface area contributed by atoms with Crippen molar-refractivity contribution in [2.75, 3.05) is 42.4 Å². The highest BCUT2D eigenvalue weighted by atomic mass is 16.5. The largest absolute Gasteiger partial charge is 0.382 e. The number of hydrogen-bond donors (Lipinski definition) is 3. The Morgan fingerprint density at radius 2 is 1.85 bits per heavy atom. The van der Waals surface area contributed by atoms with Gasteiger partial charge in [-0.15, -0.1) is 0 Å². The summed E-state index contributed by atoms with van der Waals surface area (Å²) >= 11 is 0. The van der Waals surface area contributed by atoms with Crippen LogP contribution in [0.3, 0.4) is 0 Å². The Kier molecular flexibility index (Phi) is 4.56. The molecule has 0 amide bonds. The summed E-state index contributed by atoms with van der Waals surface area (Å²) in [6, 6.07) is 0. The van der Waals surface area contributed by atoms with E-state index in [2.05, 4.69) is 30.6 Å². The Labute approximate surface area is 119 Å². The molecule has 0 bridgehead atoms. The first kappa shape index (κ1) is 14.7. The first-order chi connectivity index (χ1) is 9.54. The number of nitrogens with zero attached hydrogens (tertiary/aromatic N) is 4. The van der Waals surface area contributed by atoms with Gasteiger partial charge in [-0.05, 0) is 26.7 Å². The number of nitrogens with one attached hydrogen (secondary N) is 2. The van der Waals surface area contributed by atoms with Crippen molar-refractivity contribution >= 4 is 17.8 Å². The van der Waals surface area contributed by atoms with Gasteiger partial charge in [0, 0.05) is 20.2 Å².